The molecule has 2 aromatic heterocycles. The maximum Gasteiger partial charge on any atom is 0.434 e. The topological polar surface area (TPSA) is 43.6 Å². The SMILES string of the molecule is Cn1cnnc1[C@@](F)(c1cc(Cl)nc(C2CC2)c1)C(F)(F)F. The molecule has 118 valence electrons. The molecule has 3 rings (SSSR count). The van der Waals surface area contributed by atoms with Gasteiger partial charge in [-0.25, -0.2) is 9.37 Å². The minimum atomic E-state index is -5.21. The average Bonchev–Trinajstić information content (AvgIpc) is 3.18. The van der Waals surface area contributed by atoms with Crippen molar-refractivity contribution < 1.29 is 17.6 Å². The third kappa shape index (κ3) is 2.35. The second-order valence-electron chi connectivity index (χ2n) is 5.30. The van der Waals surface area contributed by atoms with Crippen molar-refractivity contribution in [3.8, 4) is 0 Å². The van der Waals surface area contributed by atoms with Crippen molar-refractivity contribution in [3.05, 3.63) is 40.7 Å². The van der Waals surface area contributed by atoms with E-state index in [2.05, 4.69) is 15.2 Å². The summed E-state index contributed by atoms with van der Waals surface area (Å²) in [5.41, 5.74) is -4.05. The first-order chi connectivity index (χ1) is 10.2. The van der Waals surface area contributed by atoms with Gasteiger partial charge in [-0.3, -0.25) is 0 Å². The summed E-state index contributed by atoms with van der Waals surface area (Å²) < 4.78 is 56.5. The van der Waals surface area contributed by atoms with Crippen LogP contribution in [0.5, 0.6) is 0 Å². The maximum atomic E-state index is 15.2. The van der Waals surface area contributed by atoms with Gasteiger partial charge >= 0.3 is 6.18 Å². The van der Waals surface area contributed by atoms with Gasteiger partial charge in [-0.15, -0.1) is 10.2 Å². The summed E-state index contributed by atoms with van der Waals surface area (Å²) in [6.45, 7) is 0. The molecule has 0 amide bonds. The summed E-state index contributed by atoms with van der Waals surface area (Å²) in [5, 5.41) is 6.48. The van der Waals surface area contributed by atoms with Gasteiger partial charge in [-0.1, -0.05) is 11.6 Å². The molecule has 0 spiro atoms. The molecule has 1 saturated carbocycles. The van der Waals surface area contributed by atoms with Crippen molar-refractivity contribution in [2.24, 2.45) is 7.05 Å². The summed E-state index contributed by atoms with van der Waals surface area (Å²) in [7, 11) is 1.25. The van der Waals surface area contributed by atoms with E-state index >= 15 is 4.39 Å². The summed E-state index contributed by atoms with van der Waals surface area (Å²) in [5.74, 6) is -0.807. The van der Waals surface area contributed by atoms with Crippen molar-refractivity contribution in [2.75, 3.05) is 0 Å². The van der Waals surface area contributed by atoms with E-state index in [-0.39, 0.29) is 11.1 Å². The third-order valence-corrected chi connectivity index (χ3v) is 3.81. The molecule has 0 N–H and O–H groups in total. The Hall–Kier alpha value is -1.70. The van der Waals surface area contributed by atoms with E-state index in [1.54, 1.807) is 0 Å². The summed E-state index contributed by atoms with van der Waals surface area (Å²) in [6.07, 6.45) is -2.58. The second-order valence-corrected chi connectivity index (χ2v) is 5.69. The predicted octanol–water partition coefficient (Wildman–Crippen LogP) is 3.52. The van der Waals surface area contributed by atoms with Crippen LogP contribution in [0.4, 0.5) is 17.6 Å². The van der Waals surface area contributed by atoms with Crippen LogP contribution in [-0.4, -0.2) is 25.9 Å². The Morgan fingerprint density at radius 2 is 1.91 bits per heavy atom. The molecule has 2 heterocycles. The third-order valence-electron chi connectivity index (χ3n) is 3.62. The molecule has 0 aromatic carbocycles. The van der Waals surface area contributed by atoms with Crippen LogP contribution in [0.1, 0.15) is 35.8 Å². The lowest BCUT2D eigenvalue weighted by Gasteiger charge is -2.27. The van der Waals surface area contributed by atoms with Gasteiger partial charge in [0.15, 0.2) is 5.82 Å². The van der Waals surface area contributed by atoms with E-state index in [9.17, 15) is 13.2 Å². The number of alkyl halides is 4. The number of aromatic nitrogens is 4. The number of hydrogen-bond acceptors (Lipinski definition) is 3. The van der Waals surface area contributed by atoms with Crippen molar-refractivity contribution in [2.45, 2.75) is 30.6 Å². The minimum Gasteiger partial charge on any atom is -0.317 e. The average molecular weight is 335 g/mol. The molecule has 0 bridgehead atoms. The van der Waals surface area contributed by atoms with Crippen LogP contribution in [0.25, 0.3) is 0 Å². The molecule has 1 atom stereocenters. The number of nitrogens with zero attached hydrogens (tertiary/aromatic N) is 4. The zero-order valence-electron chi connectivity index (χ0n) is 11.4. The molecule has 0 aliphatic heterocycles. The standard InChI is InChI=1S/C13H11ClF4N4/c1-22-6-19-21-11(22)12(15,13(16,17)18)8-4-9(7-2-3-7)20-10(14)5-8/h4-7H,2-3H2,1H3/t12-/m0/s1. The van der Waals surface area contributed by atoms with Gasteiger partial charge < -0.3 is 4.57 Å². The highest BCUT2D eigenvalue weighted by Crippen LogP contribution is 2.48. The Morgan fingerprint density at radius 3 is 2.41 bits per heavy atom. The zero-order chi connectivity index (χ0) is 16.1. The molecule has 1 fully saturated rings. The highest BCUT2D eigenvalue weighted by molar-refractivity contribution is 6.29. The van der Waals surface area contributed by atoms with Gasteiger partial charge in [0.1, 0.15) is 11.5 Å². The first-order valence-corrected chi connectivity index (χ1v) is 6.89. The van der Waals surface area contributed by atoms with Crippen molar-refractivity contribution >= 4 is 11.6 Å². The number of hydrogen-bond donors (Lipinski definition) is 0. The van der Waals surface area contributed by atoms with Crippen LogP contribution in [0, 0.1) is 0 Å². The van der Waals surface area contributed by atoms with Crippen molar-refractivity contribution in [3.63, 3.8) is 0 Å². The lowest BCUT2D eigenvalue weighted by molar-refractivity contribution is -0.222. The van der Waals surface area contributed by atoms with Crippen LogP contribution in [0.3, 0.4) is 0 Å². The van der Waals surface area contributed by atoms with Crippen LogP contribution in [0.2, 0.25) is 5.15 Å². The van der Waals surface area contributed by atoms with Gasteiger partial charge in [0.2, 0.25) is 0 Å². The molecule has 0 unspecified atom stereocenters. The van der Waals surface area contributed by atoms with Gasteiger partial charge in [0.25, 0.3) is 5.67 Å². The molecular formula is C13H11ClF4N4. The van der Waals surface area contributed by atoms with Crippen LogP contribution in [0.15, 0.2) is 18.5 Å². The predicted molar refractivity (Wildman–Crippen MR) is 70.2 cm³/mol. The van der Waals surface area contributed by atoms with E-state index in [0.29, 0.717) is 5.69 Å². The largest absolute Gasteiger partial charge is 0.434 e. The van der Waals surface area contributed by atoms with E-state index in [1.807, 2.05) is 0 Å². The fourth-order valence-corrected chi connectivity index (χ4v) is 2.53. The van der Waals surface area contributed by atoms with Crippen LogP contribution >= 0.6 is 11.6 Å². The molecule has 1 aliphatic carbocycles. The van der Waals surface area contributed by atoms with Gasteiger partial charge in [0, 0.05) is 24.2 Å². The minimum absolute atomic E-state index is 0.0365. The molecule has 2 aromatic rings. The number of aryl methyl sites for hydroxylation is 1. The lowest BCUT2D eigenvalue weighted by Crippen LogP contribution is -2.41. The van der Waals surface area contributed by atoms with Gasteiger partial charge in [-0.05, 0) is 25.0 Å². The van der Waals surface area contributed by atoms with Crippen molar-refractivity contribution in [1.82, 2.24) is 19.7 Å². The summed E-state index contributed by atoms with van der Waals surface area (Å²) in [6, 6.07) is 2.00. The second kappa shape index (κ2) is 4.91. The number of pyridine rings is 1. The highest BCUT2D eigenvalue weighted by atomic mass is 35.5. The molecular weight excluding hydrogens is 324 g/mol. The molecule has 0 saturated heterocycles. The quantitative estimate of drug-likeness (QED) is 0.637. The smallest absolute Gasteiger partial charge is 0.317 e. The first kappa shape index (κ1) is 15.2. The van der Waals surface area contributed by atoms with Crippen LogP contribution < -0.4 is 0 Å². The van der Waals surface area contributed by atoms with Crippen LogP contribution in [-0.2, 0) is 12.7 Å². The molecule has 22 heavy (non-hydrogen) atoms. The Bertz CT molecular complexity index is 710. The summed E-state index contributed by atoms with van der Waals surface area (Å²) >= 11 is 5.79. The Balaban J connectivity index is 2.21. The molecule has 9 heteroatoms. The number of rotatable bonds is 3. The van der Waals surface area contributed by atoms with Crippen molar-refractivity contribution in [1.29, 1.82) is 0 Å². The molecule has 1 aliphatic rings. The van der Waals surface area contributed by atoms with E-state index in [1.165, 1.54) is 7.05 Å². The molecule has 0 radical (unpaired) electrons. The van der Waals surface area contributed by atoms with Gasteiger partial charge in [-0.2, -0.15) is 13.2 Å². The maximum absolute atomic E-state index is 15.2. The monoisotopic (exact) mass is 334 g/mol. The lowest BCUT2D eigenvalue weighted by atomic mass is 9.93. The van der Waals surface area contributed by atoms with Gasteiger partial charge in [0.05, 0.1) is 0 Å². The Morgan fingerprint density at radius 1 is 1.23 bits per heavy atom. The summed E-state index contributed by atoms with van der Waals surface area (Å²) in [4.78, 5) is 3.98. The van der Waals surface area contributed by atoms with E-state index < -0.39 is 23.2 Å². The molecule has 4 nitrogen and oxygen atoms in total. The first-order valence-electron chi connectivity index (χ1n) is 6.51. The Kier molecular flexibility index (Phi) is 3.39. The zero-order valence-corrected chi connectivity index (χ0v) is 12.2. The van der Waals surface area contributed by atoms with E-state index in [4.69, 9.17) is 11.6 Å². The fraction of sp³-hybridized carbons (Fsp3) is 0.462. The number of halogens is 5. The highest BCUT2D eigenvalue weighted by Gasteiger charge is 2.62. The fourth-order valence-electron chi connectivity index (χ4n) is 2.32. The Labute approximate surface area is 128 Å². The normalized spacial score (nSPS) is 18.3. The van der Waals surface area contributed by atoms with E-state index in [0.717, 1.165) is 35.9 Å².